The molecule has 1 aliphatic rings. The summed E-state index contributed by atoms with van der Waals surface area (Å²) in [5.74, 6) is -0.201. The van der Waals surface area contributed by atoms with E-state index >= 15 is 0 Å². The van der Waals surface area contributed by atoms with Gasteiger partial charge in [0.1, 0.15) is 0 Å². The Bertz CT molecular complexity index is 834. The smallest absolute Gasteiger partial charge is 0.330 e. The van der Waals surface area contributed by atoms with Gasteiger partial charge in [-0.05, 0) is 61.4 Å². The highest BCUT2D eigenvalue weighted by atomic mass is 16.9. The van der Waals surface area contributed by atoms with Crippen molar-refractivity contribution in [1.29, 1.82) is 0 Å². The molecule has 2 N–H and O–H groups in total. The third-order valence-electron chi connectivity index (χ3n) is 5.67. The molecule has 1 saturated carbocycles. The monoisotopic (exact) mass is 464 g/mol. The van der Waals surface area contributed by atoms with E-state index < -0.39 is 11.1 Å². The maximum Gasteiger partial charge on any atom is 0.330 e. The number of nitrogens with zero attached hydrogens (tertiary/aromatic N) is 1. The fourth-order valence-electron chi connectivity index (χ4n) is 3.82. The molecule has 0 radical (unpaired) electrons. The van der Waals surface area contributed by atoms with Crippen molar-refractivity contribution in [3.8, 4) is 11.5 Å². The molecular formula is C23H32N2O8. The first-order valence-electron chi connectivity index (χ1n) is 11.1. The molecule has 10 nitrogen and oxygen atoms in total. The molecular weight excluding hydrogens is 432 g/mol. The zero-order valence-electron chi connectivity index (χ0n) is 19.0. The standard InChI is InChI=1S/C23H32N2O8/c1-30-20-15-18(8-10-21(26)31-13-5-6-14-32-25(28)29)7-9-19(20)33-22(27)16-23(17-24)11-3-2-4-12-23/h7-10,15H,2-6,11-14,16-17,24H2,1H3/b10-8+. The molecule has 1 aromatic rings. The Morgan fingerprint density at radius 2 is 1.88 bits per heavy atom. The Kier molecular flexibility index (Phi) is 10.6. The van der Waals surface area contributed by atoms with Gasteiger partial charge in [-0.1, -0.05) is 25.3 Å². The first-order chi connectivity index (χ1) is 15.9. The number of benzene rings is 1. The lowest BCUT2D eigenvalue weighted by atomic mass is 9.72. The highest BCUT2D eigenvalue weighted by Gasteiger charge is 2.34. The Labute approximate surface area is 193 Å². The summed E-state index contributed by atoms with van der Waals surface area (Å²) in [6.07, 6.45) is 9.14. The molecule has 10 heteroatoms. The fraction of sp³-hybridized carbons (Fsp3) is 0.565. The van der Waals surface area contributed by atoms with Crippen LogP contribution in [0.25, 0.3) is 6.08 Å². The van der Waals surface area contributed by atoms with Gasteiger partial charge in [0.15, 0.2) is 11.5 Å². The number of ether oxygens (including phenoxy) is 3. The summed E-state index contributed by atoms with van der Waals surface area (Å²) in [7, 11) is 1.47. The molecule has 0 unspecified atom stereocenters. The number of methoxy groups -OCH3 is 1. The number of nitrogens with two attached hydrogens (primary N) is 1. The third-order valence-corrected chi connectivity index (χ3v) is 5.67. The maximum atomic E-state index is 12.6. The van der Waals surface area contributed by atoms with Crippen LogP contribution in [0.1, 0.15) is 56.9 Å². The van der Waals surface area contributed by atoms with Crippen molar-refractivity contribution >= 4 is 18.0 Å². The van der Waals surface area contributed by atoms with E-state index in [0.717, 1.165) is 25.7 Å². The minimum absolute atomic E-state index is 0.0374. The van der Waals surface area contributed by atoms with Crippen LogP contribution >= 0.6 is 0 Å². The summed E-state index contributed by atoms with van der Waals surface area (Å²) in [4.78, 5) is 38.6. The van der Waals surface area contributed by atoms with Crippen molar-refractivity contribution in [2.75, 3.05) is 26.9 Å². The zero-order chi connectivity index (χ0) is 24.1. The zero-order valence-corrected chi connectivity index (χ0v) is 19.0. The van der Waals surface area contributed by atoms with E-state index in [1.54, 1.807) is 24.3 Å². The number of hydrogen-bond acceptors (Lipinski definition) is 9. The number of rotatable bonds is 13. The molecule has 182 valence electrons. The molecule has 0 amide bonds. The average molecular weight is 465 g/mol. The number of esters is 2. The number of carbonyl (C=O) groups excluding carboxylic acids is 2. The Morgan fingerprint density at radius 1 is 1.15 bits per heavy atom. The summed E-state index contributed by atoms with van der Waals surface area (Å²) >= 11 is 0. The van der Waals surface area contributed by atoms with E-state index in [4.69, 9.17) is 19.9 Å². The Morgan fingerprint density at radius 3 is 2.55 bits per heavy atom. The highest BCUT2D eigenvalue weighted by molar-refractivity contribution is 5.87. The van der Waals surface area contributed by atoms with Crippen LogP contribution in [0.4, 0.5) is 0 Å². The highest BCUT2D eigenvalue weighted by Crippen LogP contribution is 2.39. The quantitative estimate of drug-likeness (QED) is 0.116. The van der Waals surface area contributed by atoms with Gasteiger partial charge in [0, 0.05) is 6.08 Å². The molecule has 0 aliphatic heterocycles. The molecule has 0 heterocycles. The normalized spacial score (nSPS) is 15.1. The minimum Gasteiger partial charge on any atom is -0.493 e. The van der Waals surface area contributed by atoms with Crippen LogP contribution in [-0.4, -0.2) is 43.9 Å². The largest absolute Gasteiger partial charge is 0.493 e. The van der Waals surface area contributed by atoms with Crippen LogP contribution in [0.3, 0.4) is 0 Å². The lowest BCUT2D eigenvalue weighted by Gasteiger charge is -2.35. The number of unbranched alkanes of at least 4 members (excludes halogenated alkanes) is 1. The summed E-state index contributed by atoms with van der Waals surface area (Å²) < 4.78 is 15.9. The topological polar surface area (TPSA) is 140 Å². The van der Waals surface area contributed by atoms with Gasteiger partial charge >= 0.3 is 11.9 Å². The Balaban J connectivity index is 1.86. The van der Waals surface area contributed by atoms with Gasteiger partial charge in [-0.15, -0.1) is 10.1 Å². The van der Waals surface area contributed by atoms with Crippen LogP contribution in [0.2, 0.25) is 0 Å². The van der Waals surface area contributed by atoms with Gasteiger partial charge in [-0.3, -0.25) is 4.79 Å². The number of carbonyl (C=O) groups is 2. The van der Waals surface area contributed by atoms with Gasteiger partial charge in [-0.2, -0.15) is 0 Å². The molecule has 2 rings (SSSR count). The van der Waals surface area contributed by atoms with E-state index in [1.165, 1.54) is 19.6 Å². The maximum absolute atomic E-state index is 12.6. The molecule has 1 aromatic carbocycles. The van der Waals surface area contributed by atoms with E-state index in [-0.39, 0.29) is 31.0 Å². The summed E-state index contributed by atoms with van der Waals surface area (Å²) in [5.41, 5.74) is 6.44. The number of hydrogen-bond donors (Lipinski definition) is 1. The van der Waals surface area contributed by atoms with Gasteiger partial charge in [-0.25, -0.2) is 4.79 Å². The van der Waals surface area contributed by atoms with Crippen molar-refractivity contribution in [2.24, 2.45) is 11.1 Å². The Hall–Kier alpha value is -3.14. The van der Waals surface area contributed by atoms with Crippen LogP contribution in [0, 0.1) is 15.5 Å². The van der Waals surface area contributed by atoms with Gasteiger partial charge in [0.2, 0.25) is 0 Å². The van der Waals surface area contributed by atoms with Crippen molar-refractivity contribution in [1.82, 2.24) is 0 Å². The second-order valence-corrected chi connectivity index (χ2v) is 8.09. The van der Waals surface area contributed by atoms with Crippen LogP contribution in [0.5, 0.6) is 11.5 Å². The SMILES string of the molecule is COc1cc(/C=C/C(=O)OCCCCO[N+](=O)[O-])ccc1OC(=O)CC1(CN)CCCCC1. The summed E-state index contributed by atoms with van der Waals surface area (Å²) in [6.45, 7) is 0.558. The van der Waals surface area contributed by atoms with E-state index in [0.29, 0.717) is 36.4 Å². The van der Waals surface area contributed by atoms with Crippen molar-refractivity contribution in [2.45, 2.75) is 51.4 Å². The molecule has 33 heavy (non-hydrogen) atoms. The molecule has 1 aliphatic carbocycles. The second-order valence-electron chi connectivity index (χ2n) is 8.09. The molecule has 0 spiro atoms. The lowest BCUT2D eigenvalue weighted by molar-refractivity contribution is -0.757. The predicted octanol–water partition coefficient (Wildman–Crippen LogP) is 3.44. The van der Waals surface area contributed by atoms with Gasteiger partial charge in [0.25, 0.3) is 5.09 Å². The molecule has 0 saturated heterocycles. The first kappa shape index (κ1) is 26.1. The van der Waals surface area contributed by atoms with Crippen molar-refractivity contribution in [3.05, 3.63) is 40.0 Å². The lowest BCUT2D eigenvalue weighted by Crippen LogP contribution is -2.36. The summed E-state index contributed by atoms with van der Waals surface area (Å²) in [5, 5.41) is 9.18. The molecule has 0 aromatic heterocycles. The fourth-order valence-corrected chi connectivity index (χ4v) is 3.82. The van der Waals surface area contributed by atoms with E-state index in [1.807, 2.05) is 0 Å². The van der Waals surface area contributed by atoms with E-state index in [9.17, 15) is 19.7 Å². The van der Waals surface area contributed by atoms with Crippen LogP contribution < -0.4 is 15.2 Å². The first-order valence-corrected chi connectivity index (χ1v) is 11.1. The van der Waals surface area contributed by atoms with E-state index in [2.05, 4.69) is 4.84 Å². The average Bonchev–Trinajstić information content (AvgIpc) is 2.80. The minimum atomic E-state index is -0.858. The predicted molar refractivity (Wildman–Crippen MR) is 120 cm³/mol. The van der Waals surface area contributed by atoms with Crippen LogP contribution in [0.15, 0.2) is 24.3 Å². The molecule has 0 atom stereocenters. The summed E-state index contributed by atoms with van der Waals surface area (Å²) in [6, 6.07) is 4.97. The van der Waals surface area contributed by atoms with Crippen molar-refractivity contribution in [3.63, 3.8) is 0 Å². The van der Waals surface area contributed by atoms with Crippen molar-refractivity contribution < 1.29 is 33.7 Å². The van der Waals surface area contributed by atoms with Crippen LogP contribution in [-0.2, 0) is 19.2 Å². The second kappa shape index (κ2) is 13.4. The molecule has 0 bridgehead atoms. The third kappa shape index (κ3) is 9.09. The van der Waals surface area contributed by atoms with Gasteiger partial charge < -0.3 is 24.8 Å². The molecule has 1 fully saturated rings. The van der Waals surface area contributed by atoms with Gasteiger partial charge in [0.05, 0.1) is 26.7 Å².